The third-order valence-corrected chi connectivity index (χ3v) is 2.65. The summed E-state index contributed by atoms with van der Waals surface area (Å²) in [5, 5.41) is 0.927. The topological polar surface area (TPSA) is 61.0 Å². The van der Waals surface area contributed by atoms with Gasteiger partial charge in [0.05, 0.1) is 5.52 Å². The lowest BCUT2D eigenvalue weighted by Crippen LogP contribution is -2.02. The summed E-state index contributed by atoms with van der Waals surface area (Å²) in [6.45, 7) is 2.54. The van der Waals surface area contributed by atoms with Gasteiger partial charge < -0.3 is 10.5 Å². The largest absolute Gasteiger partial charge is 0.383 e. The molecule has 0 spiro atoms. The molecule has 0 radical (unpaired) electrons. The first-order valence-corrected chi connectivity index (χ1v) is 5.78. The number of hydrogen-bond donors (Lipinski definition) is 1. The minimum absolute atomic E-state index is 0.386. The lowest BCUT2D eigenvalue weighted by molar-refractivity contribution is 0.178. The van der Waals surface area contributed by atoms with Gasteiger partial charge in [0.1, 0.15) is 12.4 Å². The Hall–Kier alpha value is -1.68. The van der Waals surface area contributed by atoms with Gasteiger partial charge in [0, 0.05) is 12.5 Å². The summed E-state index contributed by atoms with van der Waals surface area (Å²) >= 11 is 0. The summed E-state index contributed by atoms with van der Waals surface area (Å²) in [6, 6.07) is 6.16. The number of methoxy groups -OCH3 is 1. The van der Waals surface area contributed by atoms with Gasteiger partial charge in [0.25, 0.3) is 0 Å². The Bertz CT molecular complexity index is 525. The molecule has 0 unspecified atom stereocenters. The van der Waals surface area contributed by atoms with E-state index in [-0.39, 0.29) is 0 Å². The van der Waals surface area contributed by atoms with Crippen LogP contribution in [0.15, 0.2) is 18.2 Å². The Kier molecular flexibility index (Phi) is 3.54. The van der Waals surface area contributed by atoms with Crippen LogP contribution in [-0.2, 0) is 17.8 Å². The molecule has 0 aliphatic carbocycles. The van der Waals surface area contributed by atoms with Crippen LogP contribution in [0.5, 0.6) is 0 Å². The monoisotopic (exact) mass is 231 g/mol. The number of aromatic nitrogens is 2. The van der Waals surface area contributed by atoms with Crippen LogP contribution in [0, 0.1) is 0 Å². The van der Waals surface area contributed by atoms with Crippen LogP contribution in [0.2, 0.25) is 0 Å². The Balaban J connectivity index is 2.48. The molecule has 2 rings (SSSR count). The van der Waals surface area contributed by atoms with Gasteiger partial charge in [-0.05, 0) is 24.1 Å². The van der Waals surface area contributed by atoms with E-state index in [0.717, 1.165) is 23.7 Å². The van der Waals surface area contributed by atoms with E-state index in [0.29, 0.717) is 18.2 Å². The molecule has 2 N–H and O–H groups in total. The summed E-state index contributed by atoms with van der Waals surface area (Å²) in [5.74, 6) is 1.15. The fourth-order valence-electron chi connectivity index (χ4n) is 1.89. The minimum Gasteiger partial charge on any atom is -0.383 e. The van der Waals surface area contributed by atoms with Crippen molar-refractivity contribution in [2.24, 2.45) is 0 Å². The molecule has 1 aromatic carbocycles. The van der Waals surface area contributed by atoms with Gasteiger partial charge >= 0.3 is 0 Å². The zero-order chi connectivity index (χ0) is 12.3. The quantitative estimate of drug-likeness (QED) is 0.877. The van der Waals surface area contributed by atoms with Gasteiger partial charge in [-0.3, -0.25) is 0 Å². The Labute approximate surface area is 101 Å². The smallest absolute Gasteiger partial charge is 0.157 e. The van der Waals surface area contributed by atoms with Crippen LogP contribution < -0.4 is 5.73 Å². The van der Waals surface area contributed by atoms with E-state index < -0.39 is 0 Å². The molecule has 0 bridgehead atoms. The number of rotatable bonds is 4. The maximum Gasteiger partial charge on any atom is 0.157 e. The first-order chi connectivity index (χ1) is 8.24. The summed E-state index contributed by atoms with van der Waals surface area (Å²) < 4.78 is 5.01. The molecule has 0 aliphatic rings. The molecule has 1 heterocycles. The number of ether oxygens (including phenoxy) is 1. The first-order valence-electron chi connectivity index (χ1n) is 5.78. The van der Waals surface area contributed by atoms with Gasteiger partial charge in [-0.1, -0.05) is 19.4 Å². The van der Waals surface area contributed by atoms with E-state index in [2.05, 4.69) is 29.0 Å². The van der Waals surface area contributed by atoms with E-state index in [9.17, 15) is 0 Å². The number of fused-ring (bicyclic) bond motifs is 1. The average Bonchev–Trinajstić information content (AvgIpc) is 2.31. The summed E-state index contributed by atoms with van der Waals surface area (Å²) in [4.78, 5) is 8.64. The molecule has 90 valence electrons. The highest BCUT2D eigenvalue weighted by atomic mass is 16.5. The Morgan fingerprint density at radius 2 is 2.12 bits per heavy atom. The van der Waals surface area contributed by atoms with Gasteiger partial charge in [-0.15, -0.1) is 0 Å². The van der Waals surface area contributed by atoms with Gasteiger partial charge in [0.2, 0.25) is 0 Å². The number of anilines is 1. The van der Waals surface area contributed by atoms with Crippen molar-refractivity contribution in [1.82, 2.24) is 9.97 Å². The third-order valence-electron chi connectivity index (χ3n) is 2.65. The van der Waals surface area contributed by atoms with Crippen molar-refractivity contribution in [3.63, 3.8) is 0 Å². The molecule has 0 aliphatic heterocycles. The summed E-state index contributed by atoms with van der Waals surface area (Å²) in [5.41, 5.74) is 8.10. The Morgan fingerprint density at radius 1 is 1.29 bits per heavy atom. The molecular weight excluding hydrogens is 214 g/mol. The maximum absolute atomic E-state index is 5.95. The molecule has 2 aromatic rings. The van der Waals surface area contributed by atoms with Crippen molar-refractivity contribution in [2.75, 3.05) is 12.8 Å². The molecular formula is C13H17N3O. The first kappa shape index (κ1) is 11.8. The van der Waals surface area contributed by atoms with Crippen LogP contribution in [0.4, 0.5) is 5.82 Å². The summed E-state index contributed by atoms with van der Waals surface area (Å²) in [7, 11) is 1.62. The van der Waals surface area contributed by atoms with E-state index in [1.54, 1.807) is 7.11 Å². The molecule has 0 amide bonds. The standard InChI is InChI=1S/C13H17N3O/c1-3-4-9-5-6-11-10(7-9)13(14)16-12(15-11)8-17-2/h5-7H,3-4,8H2,1-2H3,(H2,14,15,16). The van der Waals surface area contributed by atoms with Crippen molar-refractivity contribution in [2.45, 2.75) is 26.4 Å². The van der Waals surface area contributed by atoms with Gasteiger partial charge in [0.15, 0.2) is 5.82 Å². The van der Waals surface area contributed by atoms with Crippen molar-refractivity contribution in [3.8, 4) is 0 Å². The number of nitrogen functional groups attached to an aromatic ring is 1. The Morgan fingerprint density at radius 3 is 2.82 bits per heavy atom. The van der Waals surface area contributed by atoms with Crippen LogP contribution in [0.1, 0.15) is 24.7 Å². The number of hydrogen-bond acceptors (Lipinski definition) is 4. The maximum atomic E-state index is 5.95. The minimum atomic E-state index is 0.386. The van der Waals surface area contributed by atoms with Crippen molar-refractivity contribution < 1.29 is 4.74 Å². The van der Waals surface area contributed by atoms with Crippen molar-refractivity contribution >= 4 is 16.7 Å². The zero-order valence-electron chi connectivity index (χ0n) is 10.2. The van der Waals surface area contributed by atoms with Crippen LogP contribution in [0.3, 0.4) is 0 Å². The number of nitrogens with two attached hydrogens (primary N) is 1. The fraction of sp³-hybridized carbons (Fsp3) is 0.385. The molecule has 4 heteroatoms. The number of nitrogens with zero attached hydrogens (tertiary/aromatic N) is 2. The van der Waals surface area contributed by atoms with Crippen LogP contribution >= 0.6 is 0 Å². The van der Waals surface area contributed by atoms with E-state index in [1.807, 2.05) is 6.07 Å². The fourth-order valence-corrected chi connectivity index (χ4v) is 1.89. The van der Waals surface area contributed by atoms with E-state index >= 15 is 0 Å². The third kappa shape index (κ3) is 2.53. The predicted molar refractivity (Wildman–Crippen MR) is 68.7 cm³/mol. The lowest BCUT2D eigenvalue weighted by atomic mass is 10.1. The molecule has 0 saturated carbocycles. The SMILES string of the molecule is CCCc1ccc2nc(COC)nc(N)c2c1. The molecule has 0 fully saturated rings. The van der Waals surface area contributed by atoms with Crippen molar-refractivity contribution in [3.05, 3.63) is 29.6 Å². The molecule has 4 nitrogen and oxygen atoms in total. The average molecular weight is 231 g/mol. The van der Waals surface area contributed by atoms with Crippen LogP contribution in [0.25, 0.3) is 10.9 Å². The second-order valence-electron chi connectivity index (χ2n) is 4.06. The van der Waals surface area contributed by atoms with Gasteiger partial charge in [-0.2, -0.15) is 0 Å². The second-order valence-corrected chi connectivity index (χ2v) is 4.06. The highest BCUT2D eigenvalue weighted by Crippen LogP contribution is 2.20. The molecule has 0 atom stereocenters. The molecule has 0 saturated heterocycles. The zero-order valence-corrected chi connectivity index (χ0v) is 10.2. The molecule has 1 aromatic heterocycles. The predicted octanol–water partition coefficient (Wildman–Crippen LogP) is 2.31. The highest BCUT2D eigenvalue weighted by molar-refractivity contribution is 5.88. The number of benzene rings is 1. The van der Waals surface area contributed by atoms with E-state index in [1.165, 1.54) is 5.56 Å². The lowest BCUT2D eigenvalue weighted by Gasteiger charge is -2.06. The van der Waals surface area contributed by atoms with Crippen LogP contribution in [-0.4, -0.2) is 17.1 Å². The van der Waals surface area contributed by atoms with Crippen molar-refractivity contribution in [1.29, 1.82) is 0 Å². The second kappa shape index (κ2) is 5.10. The summed E-state index contributed by atoms with van der Waals surface area (Å²) in [6.07, 6.45) is 2.17. The van der Waals surface area contributed by atoms with E-state index in [4.69, 9.17) is 10.5 Å². The highest BCUT2D eigenvalue weighted by Gasteiger charge is 2.05. The normalized spacial score (nSPS) is 10.9. The molecule has 17 heavy (non-hydrogen) atoms. The van der Waals surface area contributed by atoms with Gasteiger partial charge in [-0.25, -0.2) is 9.97 Å². The number of aryl methyl sites for hydroxylation is 1.